The maximum atomic E-state index is 12.5. The first kappa shape index (κ1) is 17.2. The highest BCUT2D eigenvalue weighted by Crippen LogP contribution is 2.36. The number of carbonyl (C=O) groups excluding carboxylic acids is 1. The fraction of sp³-hybridized carbons (Fsp3) is 0.647. The maximum absolute atomic E-state index is 12.5. The Labute approximate surface area is 143 Å². The van der Waals surface area contributed by atoms with Crippen LogP contribution < -0.4 is 10.3 Å². The summed E-state index contributed by atoms with van der Waals surface area (Å²) in [7, 11) is 2.80. The van der Waals surface area contributed by atoms with Crippen LogP contribution >= 0.6 is 0 Å². The van der Waals surface area contributed by atoms with Gasteiger partial charge < -0.3 is 18.9 Å². The summed E-state index contributed by atoms with van der Waals surface area (Å²) in [6.07, 6.45) is 2.24. The summed E-state index contributed by atoms with van der Waals surface area (Å²) in [5.74, 6) is 0.334. The van der Waals surface area contributed by atoms with Crippen molar-refractivity contribution in [2.24, 2.45) is 0 Å². The lowest BCUT2D eigenvalue weighted by Crippen LogP contribution is -2.41. The van der Waals surface area contributed by atoms with E-state index in [0.29, 0.717) is 17.0 Å². The van der Waals surface area contributed by atoms with E-state index < -0.39 is 18.3 Å². The van der Waals surface area contributed by atoms with Crippen LogP contribution in [0.3, 0.4) is 0 Å². The Kier molecular flexibility index (Phi) is 4.12. The maximum Gasteiger partial charge on any atom is 0.514 e. The largest absolute Gasteiger partial charge is 0.514 e. The van der Waals surface area contributed by atoms with Crippen molar-refractivity contribution in [1.29, 1.82) is 0 Å². The van der Waals surface area contributed by atoms with Gasteiger partial charge in [-0.15, -0.1) is 0 Å². The predicted octanol–water partition coefficient (Wildman–Crippen LogP) is 1.62. The van der Waals surface area contributed by atoms with Crippen molar-refractivity contribution in [3.63, 3.8) is 0 Å². The number of amides is 1. The second kappa shape index (κ2) is 5.74. The highest BCUT2D eigenvalue weighted by atomic mass is 16.7. The Morgan fingerprint density at radius 1 is 1.21 bits per heavy atom. The lowest BCUT2D eigenvalue weighted by atomic mass is 9.84. The summed E-state index contributed by atoms with van der Waals surface area (Å²) in [4.78, 5) is 18.5. The SMILES string of the molecule is CN(C)C(=O)c1nc(B2OC(C)(C)C(C)(C)O2)ccc1OC1CC1. The van der Waals surface area contributed by atoms with Gasteiger partial charge >= 0.3 is 7.12 Å². The zero-order valence-corrected chi connectivity index (χ0v) is 15.3. The Bertz CT molecular complexity index is 640. The molecular weight excluding hydrogens is 307 g/mol. The normalized spacial score (nSPS) is 21.7. The number of rotatable bonds is 4. The molecule has 0 spiro atoms. The Balaban J connectivity index is 1.92. The number of carbonyl (C=O) groups is 1. The number of ether oxygens (including phenoxy) is 1. The molecule has 0 unspecified atom stereocenters. The first-order valence-corrected chi connectivity index (χ1v) is 8.35. The molecule has 130 valence electrons. The van der Waals surface area contributed by atoms with Crippen molar-refractivity contribution >= 4 is 18.6 Å². The second-order valence-corrected chi connectivity index (χ2v) is 7.69. The van der Waals surface area contributed by atoms with Crippen LogP contribution in [0.2, 0.25) is 0 Å². The zero-order valence-electron chi connectivity index (χ0n) is 15.3. The van der Waals surface area contributed by atoms with Gasteiger partial charge in [-0.1, -0.05) is 0 Å². The third kappa shape index (κ3) is 3.15. The first-order valence-electron chi connectivity index (χ1n) is 8.35. The van der Waals surface area contributed by atoms with Crippen LogP contribution in [0.15, 0.2) is 12.1 Å². The lowest BCUT2D eigenvalue weighted by molar-refractivity contribution is 0.00578. The van der Waals surface area contributed by atoms with Crippen molar-refractivity contribution in [3.8, 4) is 5.75 Å². The average molecular weight is 332 g/mol. The van der Waals surface area contributed by atoms with Crippen molar-refractivity contribution in [3.05, 3.63) is 17.8 Å². The molecule has 0 radical (unpaired) electrons. The highest BCUT2D eigenvalue weighted by Gasteiger charge is 2.52. The molecular formula is C17H25BN2O4. The fourth-order valence-corrected chi connectivity index (χ4v) is 2.38. The first-order chi connectivity index (χ1) is 11.1. The standard InChI is InChI=1S/C17H25BN2O4/c1-16(2)17(3,4)24-18(23-16)13-10-9-12(22-11-7-8-11)14(19-13)15(21)20(5)6/h9-11H,7-8H2,1-6H3. The summed E-state index contributed by atoms with van der Waals surface area (Å²) in [5.41, 5.74) is -0.0104. The third-order valence-electron chi connectivity index (χ3n) is 4.80. The van der Waals surface area contributed by atoms with E-state index in [4.69, 9.17) is 14.0 Å². The van der Waals surface area contributed by atoms with Crippen molar-refractivity contribution < 1.29 is 18.8 Å². The Morgan fingerprint density at radius 2 is 1.79 bits per heavy atom. The fourth-order valence-electron chi connectivity index (χ4n) is 2.38. The van der Waals surface area contributed by atoms with Gasteiger partial charge in [0.15, 0.2) is 11.4 Å². The van der Waals surface area contributed by atoms with Gasteiger partial charge in [0.2, 0.25) is 0 Å². The van der Waals surface area contributed by atoms with E-state index in [1.807, 2.05) is 33.8 Å². The molecule has 1 amide bonds. The molecule has 3 rings (SSSR count). The van der Waals surface area contributed by atoms with Crippen LogP contribution in [0.25, 0.3) is 0 Å². The van der Waals surface area contributed by atoms with Crippen LogP contribution in [0.5, 0.6) is 5.75 Å². The minimum atomic E-state index is -0.598. The molecule has 0 bridgehead atoms. The van der Waals surface area contributed by atoms with E-state index in [1.54, 1.807) is 20.2 Å². The molecule has 24 heavy (non-hydrogen) atoms. The van der Waals surface area contributed by atoms with Gasteiger partial charge in [-0.25, -0.2) is 4.98 Å². The molecule has 1 aromatic rings. The Hall–Kier alpha value is -1.60. The summed E-state index contributed by atoms with van der Waals surface area (Å²) >= 11 is 0. The molecule has 7 heteroatoms. The van der Waals surface area contributed by atoms with E-state index in [1.165, 1.54) is 4.90 Å². The van der Waals surface area contributed by atoms with E-state index in [2.05, 4.69) is 4.98 Å². The van der Waals surface area contributed by atoms with Gasteiger partial charge in [-0.2, -0.15) is 0 Å². The smallest absolute Gasteiger partial charge is 0.488 e. The minimum absolute atomic E-state index is 0.191. The van der Waals surface area contributed by atoms with Crippen molar-refractivity contribution in [2.75, 3.05) is 14.1 Å². The number of pyridine rings is 1. The predicted molar refractivity (Wildman–Crippen MR) is 91.6 cm³/mol. The third-order valence-corrected chi connectivity index (χ3v) is 4.80. The average Bonchev–Trinajstić information content (AvgIpc) is 3.25. The van der Waals surface area contributed by atoms with Gasteiger partial charge in [0, 0.05) is 14.1 Å². The number of nitrogens with zero attached hydrogens (tertiary/aromatic N) is 2. The monoisotopic (exact) mass is 332 g/mol. The Morgan fingerprint density at radius 3 is 2.29 bits per heavy atom. The minimum Gasteiger partial charge on any atom is -0.488 e. The highest BCUT2D eigenvalue weighted by molar-refractivity contribution is 6.61. The summed E-state index contributed by atoms with van der Waals surface area (Å²) in [5, 5.41) is 0. The molecule has 2 aliphatic rings. The summed E-state index contributed by atoms with van der Waals surface area (Å²) < 4.78 is 17.9. The summed E-state index contributed by atoms with van der Waals surface area (Å²) in [6, 6.07) is 3.61. The quantitative estimate of drug-likeness (QED) is 0.784. The van der Waals surface area contributed by atoms with Gasteiger partial charge in [-0.3, -0.25) is 4.79 Å². The van der Waals surface area contributed by atoms with Gasteiger partial charge in [0.25, 0.3) is 5.91 Å². The van der Waals surface area contributed by atoms with Crippen LogP contribution in [-0.4, -0.2) is 54.3 Å². The van der Waals surface area contributed by atoms with Crippen LogP contribution in [0.4, 0.5) is 0 Å². The molecule has 0 aromatic carbocycles. The van der Waals surface area contributed by atoms with Gasteiger partial charge in [0.05, 0.1) is 22.9 Å². The van der Waals surface area contributed by atoms with E-state index in [0.717, 1.165) is 12.8 Å². The second-order valence-electron chi connectivity index (χ2n) is 7.69. The van der Waals surface area contributed by atoms with E-state index in [-0.39, 0.29) is 12.0 Å². The zero-order chi connectivity index (χ0) is 17.7. The molecule has 2 fully saturated rings. The summed E-state index contributed by atoms with van der Waals surface area (Å²) in [6.45, 7) is 7.96. The van der Waals surface area contributed by atoms with E-state index in [9.17, 15) is 4.79 Å². The molecule has 1 aliphatic carbocycles. The van der Waals surface area contributed by atoms with Crippen LogP contribution in [0.1, 0.15) is 51.0 Å². The number of hydrogen-bond acceptors (Lipinski definition) is 5. The molecule has 1 saturated heterocycles. The van der Waals surface area contributed by atoms with Crippen molar-refractivity contribution in [1.82, 2.24) is 9.88 Å². The topological polar surface area (TPSA) is 60.9 Å². The number of hydrogen-bond donors (Lipinski definition) is 0. The van der Waals surface area contributed by atoms with E-state index >= 15 is 0 Å². The molecule has 1 saturated carbocycles. The molecule has 0 N–H and O–H groups in total. The number of aromatic nitrogens is 1. The molecule has 6 nitrogen and oxygen atoms in total. The molecule has 1 aliphatic heterocycles. The molecule has 2 heterocycles. The van der Waals surface area contributed by atoms with Crippen LogP contribution in [-0.2, 0) is 9.31 Å². The van der Waals surface area contributed by atoms with Crippen LogP contribution in [0, 0.1) is 0 Å². The molecule has 0 atom stereocenters. The van der Waals surface area contributed by atoms with Gasteiger partial charge in [-0.05, 0) is 52.7 Å². The molecule has 1 aromatic heterocycles. The van der Waals surface area contributed by atoms with Gasteiger partial charge in [0.1, 0.15) is 0 Å². The lowest BCUT2D eigenvalue weighted by Gasteiger charge is -2.32. The van der Waals surface area contributed by atoms with Crippen molar-refractivity contribution in [2.45, 2.75) is 57.8 Å².